The number of carboxylic acid groups (broad SMARTS) is 1. The van der Waals surface area contributed by atoms with E-state index in [1.54, 1.807) is 0 Å². The smallest absolute Gasteiger partial charge is 0.328 e. The molecule has 3 N–H and O–H groups in total. The lowest BCUT2D eigenvalue weighted by Crippen LogP contribution is -2.47. The minimum Gasteiger partial charge on any atom is -0.480 e. The average molecular weight is 419 g/mol. The number of benzene rings is 1. The zero-order valence-electron chi connectivity index (χ0n) is 14.9. The maximum atomic E-state index is 12.9. The van der Waals surface area contributed by atoms with Crippen molar-refractivity contribution in [3.8, 4) is 0 Å². The van der Waals surface area contributed by atoms with E-state index in [9.17, 15) is 23.1 Å². The van der Waals surface area contributed by atoms with Gasteiger partial charge in [0.05, 0.1) is 11.1 Å². The fourth-order valence-corrected chi connectivity index (χ4v) is 4.89. The molecule has 0 bridgehead atoms. The Labute approximate surface area is 163 Å². The summed E-state index contributed by atoms with van der Waals surface area (Å²) in [6.45, 7) is 2.01. The largest absolute Gasteiger partial charge is 0.480 e. The molecule has 0 aromatic heterocycles. The number of hydrogen-bond acceptors (Lipinski definition) is 5. The maximum Gasteiger partial charge on any atom is 0.328 e. The van der Waals surface area contributed by atoms with Gasteiger partial charge in [0.1, 0.15) is 4.90 Å². The Bertz CT molecular complexity index is 804. The second-order valence-corrected chi connectivity index (χ2v) is 8.81. The molecule has 2 atom stereocenters. The highest BCUT2D eigenvalue weighted by Gasteiger charge is 2.29. The molecular weight excluding hydrogens is 396 g/mol. The van der Waals surface area contributed by atoms with Gasteiger partial charge in [0.15, 0.2) is 6.04 Å². The van der Waals surface area contributed by atoms with Crippen LogP contribution in [0.1, 0.15) is 43.0 Å². The molecule has 1 aliphatic heterocycles. The molecule has 1 aliphatic rings. The maximum absolute atomic E-state index is 12.9. The minimum absolute atomic E-state index is 0.0129. The van der Waals surface area contributed by atoms with Crippen molar-refractivity contribution in [2.75, 3.05) is 13.1 Å². The van der Waals surface area contributed by atoms with Crippen LogP contribution >= 0.6 is 11.6 Å². The first kappa shape index (κ1) is 21.6. The van der Waals surface area contributed by atoms with E-state index in [4.69, 9.17) is 16.7 Å². The van der Waals surface area contributed by atoms with Crippen molar-refractivity contribution in [2.45, 2.75) is 49.6 Å². The van der Waals surface area contributed by atoms with Gasteiger partial charge >= 0.3 is 5.97 Å². The van der Waals surface area contributed by atoms with Gasteiger partial charge in [-0.2, -0.15) is 4.31 Å². The van der Waals surface area contributed by atoms with Gasteiger partial charge in [0.2, 0.25) is 10.0 Å². The standard InChI is InChI=1S/C17H23ClN2O6S/c1-11(21)15(17(23)24)19-16(22)12-6-7-13(18)14(10-12)27(25,26)20-8-4-2-3-5-9-20/h6-7,10-11,15,21H,2-5,8-9H2,1H3,(H,19,22)(H,23,24). The number of halogens is 1. The molecule has 1 heterocycles. The summed E-state index contributed by atoms with van der Waals surface area (Å²) in [5.74, 6) is -2.21. The van der Waals surface area contributed by atoms with Crippen LogP contribution in [0.2, 0.25) is 5.02 Å². The highest BCUT2D eigenvalue weighted by molar-refractivity contribution is 7.89. The highest BCUT2D eigenvalue weighted by atomic mass is 35.5. The van der Waals surface area contributed by atoms with Crippen molar-refractivity contribution in [3.63, 3.8) is 0 Å². The number of carbonyl (C=O) groups excluding carboxylic acids is 1. The van der Waals surface area contributed by atoms with Gasteiger partial charge in [-0.1, -0.05) is 24.4 Å². The fourth-order valence-electron chi connectivity index (χ4n) is 2.88. The SMILES string of the molecule is CC(O)C(NC(=O)c1ccc(Cl)c(S(=O)(=O)N2CCCCCC2)c1)C(=O)O. The predicted molar refractivity (Wildman–Crippen MR) is 99.2 cm³/mol. The van der Waals surface area contributed by atoms with Gasteiger partial charge in [0, 0.05) is 18.7 Å². The number of carboxylic acids is 1. The zero-order chi connectivity index (χ0) is 20.2. The highest BCUT2D eigenvalue weighted by Crippen LogP contribution is 2.27. The Morgan fingerprint density at radius 3 is 2.30 bits per heavy atom. The third-order valence-electron chi connectivity index (χ3n) is 4.41. The molecule has 150 valence electrons. The summed E-state index contributed by atoms with van der Waals surface area (Å²) in [6, 6.07) is 2.22. The van der Waals surface area contributed by atoms with Crippen molar-refractivity contribution in [1.29, 1.82) is 0 Å². The number of aliphatic hydroxyl groups is 1. The summed E-state index contributed by atoms with van der Waals surface area (Å²) >= 11 is 6.08. The third-order valence-corrected chi connectivity index (χ3v) is 6.79. The number of aliphatic hydroxyl groups excluding tert-OH is 1. The molecule has 0 spiro atoms. The lowest BCUT2D eigenvalue weighted by atomic mass is 10.1. The normalized spacial score (nSPS) is 18.3. The summed E-state index contributed by atoms with van der Waals surface area (Å²) < 4.78 is 27.3. The van der Waals surface area contributed by atoms with Crippen molar-refractivity contribution in [3.05, 3.63) is 28.8 Å². The summed E-state index contributed by atoms with van der Waals surface area (Å²) in [4.78, 5) is 23.3. The Hall–Kier alpha value is -1.68. The molecule has 8 nitrogen and oxygen atoms in total. The number of amides is 1. The van der Waals surface area contributed by atoms with Crippen LogP contribution in [0.5, 0.6) is 0 Å². The van der Waals surface area contributed by atoms with E-state index in [1.165, 1.54) is 23.4 Å². The van der Waals surface area contributed by atoms with E-state index in [0.29, 0.717) is 13.1 Å². The molecule has 1 aromatic carbocycles. The quantitative estimate of drug-likeness (QED) is 0.642. The van der Waals surface area contributed by atoms with Crippen molar-refractivity contribution >= 4 is 33.5 Å². The van der Waals surface area contributed by atoms with Crippen molar-refractivity contribution in [1.82, 2.24) is 9.62 Å². The summed E-state index contributed by atoms with van der Waals surface area (Å²) in [5, 5.41) is 20.7. The van der Waals surface area contributed by atoms with Gasteiger partial charge < -0.3 is 15.5 Å². The Kier molecular flexibility index (Phi) is 7.21. The number of hydrogen-bond donors (Lipinski definition) is 3. The average Bonchev–Trinajstić information content (AvgIpc) is 2.89. The number of nitrogens with one attached hydrogen (secondary N) is 1. The van der Waals surface area contributed by atoms with E-state index in [2.05, 4.69) is 5.32 Å². The predicted octanol–water partition coefficient (Wildman–Crippen LogP) is 1.47. The molecule has 1 amide bonds. The molecule has 10 heteroatoms. The number of sulfonamides is 1. The lowest BCUT2D eigenvalue weighted by molar-refractivity contribution is -0.141. The van der Waals surface area contributed by atoms with Crippen LogP contribution in [-0.2, 0) is 14.8 Å². The fraction of sp³-hybridized carbons (Fsp3) is 0.529. The van der Waals surface area contributed by atoms with Crippen LogP contribution in [0.3, 0.4) is 0 Å². The second kappa shape index (κ2) is 9.01. The van der Waals surface area contributed by atoms with Gasteiger partial charge in [-0.05, 0) is 38.0 Å². The molecule has 0 radical (unpaired) electrons. The van der Waals surface area contributed by atoms with Gasteiger partial charge in [-0.15, -0.1) is 0 Å². The first-order chi connectivity index (χ1) is 12.6. The van der Waals surface area contributed by atoms with Crippen molar-refractivity contribution < 1.29 is 28.2 Å². The van der Waals surface area contributed by atoms with Crippen LogP contribution in [0.15, 0.2) is 23.1 Å². The first-order valence-electron chi connectivity index (χ1n) is 8.66. The monoisotopic (exact) mass is 418 g/mol. The molecule has 2 unspecified atom stereocenters. The summed E-state index contributed by atoms with van der Waals surface area (Å²) in [7, 11) is -3.88. The van der Waals surface area contributed by atoms with Gasteiger partial charge in [-0.25, -0.2) is 13.2 Å². The molecule has 1 aromatic rings. The number of nitrogens with zero attached hydrogens (tertiary/aromatic N) is 1. The Balaban J connectivity index is 2.32. The first-order valence-corrected chi connectivity index (χ1v) is 10.5. The molecule has 0 aliphatic carbocycles. The van der Waals surface area contributed by atoms with Gasteiger partial charge in [0.25, 0.3) is 5.91 Å². The third kappa shape index (κ3) is 5.19. The molecule has 0 saturated carbocycles. The van der Waals surface area contributed by atoms with Crippen LogP contribution in [-0.4, -0.2) is 60.0 Å². The summed E-state index contributed by atoms with van der Waals surface area (Å²) in [5.41, 5.74) is -0.0558. The van der Waals surface area contributed by atoms with E-state index in [1.807, 2.05) is 0 Å². The molecule has 1 saturated heterocycles. The molecule has 27 heavy (non-hydrogen) atoms. The van der Waals surface area contributed by atoms with E-state index >= 15 is 0 Å². The van der Waals surface area contributed by atoms with Crippen LogP contribution < -0.4 is 5.32 Å². The molecule has 2 rings (SSSR count). The number of carbonyl (C=O) groups is 2. The minimum atomic E-state index is -3.88. The Morgan fingerprint density at radius 1 is 1.19 bits per heavy atom. The zero-order valence-corrected chi connectivity index (χ0v) is 16.5. The lowest BCUT2D eigenvalue weighted by Gasteiger charge is -2.21. The summed E-state index contributed by atoms with van der Waals surface area (Å²) in [6.07, 6.45) is 2.10. The number of aliphatic carboxylic acids is 1. The Morgan fingerprint density at radius 2 is 1.78 bits per heavy atom. The topological polar surface area (TPSA) is 124 Å². The van der Waals surface area contributed by atoms with E-state index in [0.717, 1.165) is 31.7 Å². The van der Waals surface area contributed by atoms with Crippen molar-refractivity contribution in [2.24, 2.45) is 0 Å². The van der Waals surface area contributed by atoms with Gasteiger partial charge in [-0.3, -0.25) is 4.79 Å². The molecular formula is C17H23ClN2O6S. The van der Waals surface area contributed by atoms with E-state index < -0.39 is 34.0 Å². The second-order valence-electron chi connectivity index (χ2n) is 6.49. The van der Waals surface area contributed by atoms with Crippen LogP contribution in [0, 0.1) is 0 Å². The van der Waals surface area contributed by atoms with E-state index in [-0.39, 0.29) is 15.5 Å². The molecule has 1 fully saturated rings. The van der Waals surface area contributed by atoms with Crippen LogP contribution in [0.4, 0.5) is 0 Å². The van der Waals surface area contributed by atoms with Crippen LogP contribution in [0.25, 0.3) is 0 Å². The number of rotatable bonds is 6.